The second-order valence-corrected chi connectivity index (χ2v) is 8.70. The Bertz CT molecular complexity index is 1170. The lowest BCUT2D eigenvalue weighted by Crippen LogP contribution is -2.46. The number of rotatable bonds is 4. The van der Waals surface area contributed by atoms with E-state index in [9.17, 15) is 14.0 Å². The van der Waals surface area contributed by atoms with Gasteiger partial charge in [0.15, 0.2) is 0 Å². The normalized spacial score (nSPS) is 22.8. The highest BCUT2D eigenvalue weighted by Crippen LogP contribution is 2.43. The molecule has 2 atom stereocenters. The Hall–Kier alpha value is -3.02. The Labute approximate surface area is 180 Å². The van der Waals surface area contributed by atoms with Crippen molar-refractivity contribution in [3.63, 3.8) is 0 Å². The standard InChI is InChI=1S/C25H26FN3O2/c1-2-28-25(31)22-6-4-3-5-21(22)23(27-28)15-24(30)29-19-11-12-20(29)14-17(13-19)16-7-9-18(26)10-8-16/h3-10,17,19-20H,2,11-15H2,1H3. The van der Waals surface area contributed by atoms with E-state index in [4.69, 9.17) is 0 Å². The topological polar surface area (TPSA) is 55.2 Å². The van der Waals surface area contributed by atoms with Gasteiger partial charge in [0.2, 0.25) is 5.91 Å². The van der Waals surface area contributed by atoms with Crippen molar-refractivity contribution in [3.05, 3.63) is 76.0 Å². The van der Waals surface area contributed by atoms with Crippen LogP contribution in [-0.4, -0.2) is 32.7 Å². The van der Waals surface area contributed by atoms with Gasteiger partial charge in [0.05, 0.1) is 17.5 Å². The molecule has 31 heavy (non-hydrogen) atoms. The van der Waals surface area contributed by atoms with Crippen LogP contribution in [0.1, 0.15) is 49.8 Å². The monoisotopic (exact) mass is 419 g/mol. The van der Waals surface area contributed by atoms with E-state index in [0.29, 0.717) is 23.5 Å². The fourth-order valence-electron chi connectivity index (χ4n) is 5.48. The van der Waals surface area contributed by atoms with Crippen LogP contribution in [0.25, 0.3) is 10.8 Å². The third kappa shape index (κ3) is 3.54. The molecule has 3 aromatic rings. The number of aryl methyl sites for hydroxylation is 1. The van der Waals surface area contributed by atoms with Crippen LogP contribution in [0, 0.1) is 5.82 Å². The van der Waals surface area contributed by atoms with Crippen LogP contribution in [0.5, 0.6) is 0 Å². The summed E-state index contributed by atoms with van der Waals surface area (Å²) in [6, 6.07) is 14.6. The summed E-state index contributed by atoms with van der Waals surface area (Å²) in [6.07, 6.45) is 4.05. The van der Waals surface area contributed by atoms with E-state index < -0.39 is 0 Å². The van der Waals surface area contributed by atoms with E-state index in [1.165, 1.54) is 16.8 Å². The molecule has 2 saturated heterocycles. The lowest BCUT2D eigenvalue weighted by Gasteiger charge is -2.39. The average Bonchev–Trinajstić information content (AvgIpc) is 3.06. The molecular weight excluding hydrogens is 393 g/mol. The van der Waals surface area contributed by atoms with Crippen LogP contribution in [-0.2, 0) is 17.8 Å². The van der Waals surface area contributed by atoms with Gasteiger partial charge in [-0.2, -0.15) is 5.10 Å². The van der Waals surface area contributed by atoms with Gasteiger partial charge in [0.1, 0.15) is 5.82 Å². The average molecular weight is 420 g/mol. The molecule has 0 saturated carbocycles. The lowest BCUT2D eigenvalue weighted by atomic mass is 9.85. The number of aromatic nitrogens is 2. The number of hydrogen-bond donors (Lipinski definition) is 0. The largest absolute Gasteiger partial charge is 0.336 e. The Morgan fingerprint density at radius 3 is 2.32 bits per heavy atom. The van der Waals surface area contributed by atoms with Crippen molar-refractivity contribution in [2.75, 3.05) is 0 Å². The molecule has 2 aromatic carbocycles. The van der Waals surface area contributed by atoms with E-state index in [-0.39, 0.29) is 35.8 Å². The van der Waals surface area contributed by atoms with Crippen molar-refractivity contribution in [2.24, 2.45) is 0 Å². The number of amides is 1. The van der Waals surface area contributed by atoms with Crippen molar-refractivity contribution < 1.29 is 9.18 Å². The minimum Gasteiger partial charge on any atom is -0.336 e. The van der Waals surface area contributed by atoms with Crippen LogP contribution in [0.15, 0.2) is 53.3 Å². The highest BCUT2D eigenvalue weighted by molar-refractivity contribution is 5.88. The maximum absolute atomic E-state index is 13.4. The fraction of sp³-hybridized carbons (Fsp3) is 0.400. The highest BCUT2D eigenvalue weighted by atomic mass is 19.1. The van der Waals surface area contributed by atoms with E-state index >= 15 is 0 Å². The van der Waals surface area contributed by atoms with Crippen LogP contribution >= 0.6 is 0 Å². The predicted octanol–water partition coefficient (Wildman–Crippen LogP) is 4.04. The summed E-state index contributed by atoms with van der Waals surface area (Å²) >= 11 is 0. The van der Waals surface area contributed by atoms with E-state index in [1.54, 1.807) is 6.07 Å². The SMILES string of the molecule is CCn1nc(CC(=O)N2C3CCC2CC(c2ccc(F)cc2)C3)c2ccccc2c1=O. The van der Waals surface area contributed by atoms with Crippen LogP contribution in [0.3, 0.4) is 0 Å². The molecule has 2 aliphatic rings. The van der Waals surface area contributed by atoms with Gasteiger partial charge in [-0.3, -0.25) is 9.59 Å². The highest BCUT2D eigenvalue weighted by Gasteiger charge is 2.43. The molecule has 0 spiro atoms. The van der Waals surface area contributed by atoms with Gasteiger partial charge in [-0.05, 0) is 62.3 Å². The first-order chi connectivity index (χ1) is 15.0. The predicted molar refractivity (Wildman–Crippen MR) is 117 cm³/mol. The number of fused-ring (bicyclic) bond motifs is 3. The van der Waals surface area contributed by atoms with Gasteiger partial charge >= 0.3 is 0 Å². The second-order valence-electron chi connectivity index (χ2n) is 8.70. The maximum atomic E-state index is 13.4. The van der Waals surface area contributed by atoms with Crippen molar-refractivity contribution >= 4 is 16.7 Å². The van der Waals surface area contributed by atoms with Gasteiger partial charge in [0, 0.05) is 24.0 Å². The molecule has 1 amide bonds. The Morgan fingerprint density at radius 2 is 1.68 bits per heavy atom. The first-order valence-electron chi connectivity index (χ1n) is 11.1. The van der Waals surface area contributed by atoms with Gasteiger partial charge in [-0.25, -0.2) is 9.07 Å². The molecular formula is C25H26FN3O2. The summed E-state index contributed by atoms with van der Waals surface area (Å²) in [6.45, 7) is 2.36. The van der Waals surface area contributed by atoms with Gasteiger partial charge in [-0.15, -0.1) is 0 Å². The molecule has 6 heteroatoms. The number of piperidine rings is 1. The van der Waals surface area contributed by atoms with Gasteiger partial charge in [-0.1, -0.05) is 30.3 Å². The molecule has 160 valence electrons. The molecule has 2 unspecified atom stereocenters. The fourth-order valence-corrected chi connectivity index (χ4v) is 5.48. The van der Waals surface area contributed by atoms with Crippen molar-refractivity contribution in [1.29, 1.82) is 0 Å². The van der Waals surface area contributed by atoms with Crippen LogP contribution in [0.4, 0.5) is 4.39 Å². The molecule has 2 bridgehead atoms. The van der Waals surface area contributed by atoms with Crippen molar-refractivity contribution in [3.8, 4) is 0 Å². The summed E-state index contributed by atoms with van der Waals surface area (Å²) in [7, 11) is 0. The quantitative estimate of drug-likeness (QED) is 0.642. The van der Waals surface area contributed by atoms with Crippen molar-refractivity contribution in [1.82, 2.24) is 14.7 Å². The molecule has 5 rings (SSSR count). The summed E-state index contributed by atoms with van der Waals surface area (Å²) < 4.78 is 14.7. The maximum Gasteiger partial charge on any atom is 0.274 e. The molecule has 2 aliphatic heterocycles. The number of carbonyl (C=O) groups excluding carboxylic acids is 1. The summed E-state index contributed by atoms with van der Waals surface area (Å²) in [5.74, 6) is 0.236. The summed E-state index contributed by atoms with van der Waals surface area (Å²) in [5.41, 5.74) is 1.71. The zero-order valence-corrected chi connectivity index (χ0v) is 17.6. The first kappa shape index (κ1) is 19.9. The number of halogens is 1. The molecule has 0 aliphatic carbocycles. The van der Waals surface area contributed by atoms with Crippen LogP contribution < -0.4 is 5.56 Å². The zero-order valence-electron chi connectivity index (χ0n) is 17.6. The van der Waals surface area contributed by atoms with Gasteiger partial charge < -0.3 is 4.90 Å². The molecule has 0 radical (unpaired) electrons. The Balaban J connectivity index is 1.39. The number of nitrogens with zero attached hydrogens (tertiary/aromatic N) is 3. The Morgan fingerprint density at radius 1 is 1.03 bits per heavy atom. The van der Waals surface area contributed by atoms with E-state index in [2.05, 4.69) is 10.00 Å². The lowest BCUT2D eigenvalue weighted by molar-refractivity contribution is -0.135. The molecule has 2 fully saturated rings. The second kappa shape index (κ2) is 7.91. The minimum atomic E-state index is -0.215. The first-order valence-corrected chi connectivity index (χ1v) is 11.1. The third-order valence-corrected chi connectivity index (χ3v) is 6.92. The Kier molecular flexibility index (Phi) is 5.08. The minimum absolute atomic E-state index is 0.0870. The van der Waals surface area contributed by atoms with Crippen molar-refractivity contribution in [2.45, 2.75) is 63.6 Å². The molecule has 5 nitrogen and oxygen atoms in total. The van der Waals surface area contributed by atoms with Gasteiger partial charge in [0.25, 0.3) is 5.56 Å². The van der Waals surface area contributed by atoms with E-state index in [1.807, 2.05) is 37.3 Å². The number of hydrogen-bond acceptors (Lipinski definition) is 3. The third-order valence-electron chi connectivity index (χ3n) is 6.92. The van der Waals surface area contributed by atoms with Crippen LogP contribution in [0.2, 0.25) is 0 Å². The molecule has 1 aromatic heterocycles. The summed E-state index contributed by atoms with van der Waals surface area (Å²) in [5, 5.41) is 5.89. The molecule has 3 heterocycles. The smallest absolute Gasteiger partial charge is 0.274 e. The zero-order chi connectivity index (χ0) is 21.5. The molecule has 0 N–H and O–H groups in total. The van der Waals surface area contributed by atoms with E-state index in [0.717, 1.165) is 36.6 Å². The number of carbonyl (C=O) groups is 1. The summed E-state index contributed by atoms with van der Waals surface area (Å²) in [4.78, 5) is 28.0. The number of benzene rings is 2.